The van der Waals surface area contributed by atoms with Gasteiger partial charge in [-0.2, -0.15) is 0 Å². The normalized spacial score (nSPS) is 24.3. The van der Waals surface area contributed by atoms with Crippen LogP contribution in [0.25, 0.3) is 0 Å². The summed E-state index contributed by atoms with van der Waals surface area (Å²) in [6.45, 7) is 1.95. The highest BCUT2D eigenvalue weighted by Gasteiger charge is 2.55. The Morgan fingerprint density at radius 2 is 1.28 bits per heavy atom. The van der Waals surface area contributed by atoms with E-state index in [9.17, 15) is 9.90 Å². The number of ether oxygens (including phenoxy) is 1. The summed E-state index contributed by atoms with van der Waals surface area (Å²) in [5.41, 5.74) is 3.13. The fourth-order valence-corrected chi connectivity index (χ4v) is 4.66. The highest BCUT2D eigenvalue weighted by atomic mass is 16.5. The average molecular weight is 386 g/mol. The molecule has 1 aliphatic rings. The lowest BCUT2D eigenvalue weighted by Gasteiger charge is -2.50. The number of rotatable bonds is 6. The van der Waals surface area contributed by atoms with Crippen molar-refractivity contribution in [2.75, 3.05) is 6.61 Å². The van der Waals surface area contributed by atoms with Crippen LogP contribution in [0.5, 0.6) is 0 Å². The first-order valence-electron chi connectivity index (χ1n) is 10.2. The van der Waals surface area contributed by atoms with E-state index in [-0.39, 0.29) is 42.4 Å². The number of carbonyl (C=O) groups excluding carboxylic acids is 1. The van der Waals surface area contributed by atoms with Crippen molar-refractivity contribution in [3.8, 4) is 0 Å². The molecule has 1 N–H and O–H groups in total. The van der Waals surface area contributed by atoms with Gasteiger partial charge in [0.25, 0.3) is 0 Å². The van der Waals surface area contributed by atoms with Crippen LogP contribution in [-0.4, -0.2) is 17.7 Å². The van der Waals surface area contributed by atoms with Gasteiger partial charge < -0.3 is 9.84 Å². The topological polar surface area (TPSA) is 46.5 Å². The van der Waals surface area contributed by atoms with E-state index in [1.165, 1.54) is 0 Å². The smallest absolute Gasteiger partial charge is 0.310 e. The Labute approximate surface area is 172 Å². The fourth-order valence-electron chi connectivity index (χ4n) is 4.66. The molecule has 0 unspecified atom stereocenters. The Morgan fingerprint density at radius 1 is 0.828 bits per heavy atom. The molecule has 0 aromatic heterocycles. The summed E-state index contributed by atoms with van der Waals surface area (Å²) < 4.78 is 5.92. The molecule has 0 bridgehead atoms. The van der Waals surface area contributed by atoms with Gasteiger partial charge in [0.2, 0.25) is 0 Å². The maximum absolute atomic E-state index is 13.3. The molecule has 4 rings (SSSR count). The van der Waals surface area contributed by atoms with Crippen LogP contribution in [0.2, 0.25) is 0 Å². The van der Waals surface area contributed by atoms with E-state index in [2.05, 4.69) is 0 Å². The zero-order valence-corrected chi connectivity index (χ0v) is 16.5. The molecule has 3 aromatic rings. The molecule has 0 radical (unpaired) electrons. The minimum Gasteiger partial charge on any atom is -0.458 e. The Balaban J connectivity index is 1.64. The van der Waals surface area contributed by atoms with E-state index in [0.29, 0.717) is 0 Å². The SMILES string of the molecule is C[C@H](OC(=O)C1[C@H](c2ccccc2)C(CO)[C@H]1c1ccccc1)c1ccccc1. The van der Waals surface area contributed by atoms with Crippen LogP contribution in [-0.2, 0) is 9.53 Å². The van der Waals surface area contributed by atoms with Crippen molar-refractivity contribution < 1.29 is 14.6 Å². The van der Waals surface area contributed by atoms with Gasteiger partial charge in [-0.3, -0.25) is 4.79 Å². The molecule has 0 spiro atoms. The van der Waals surface area contributed by atoms with Crippen molar-refractivity contribution in [3.05, 3.63) is 108 Å². The molecule has 148 valence electrons. The summed E-state index contributed by atoms with van der Waals surface area (Å²) in [5.74, 6) is -0.634. The molecule has 3 heteroatoms. The molecule has 3 nitrogen and oxygen atoms in total. The lowest BCUT2D eigenvalue weighted by atomic mass is 9.53. The summed E-state index contributed by atoms with van der Waals surface area (Å²) in [4.78, 5) is 13.3. The molecule has 29 heavy (non-hydrogen) atoms. The quantitative estimate of drug-likeness (QED) is 0.600. The van der Waals surface area contributed by atoms with Crippen LogP contribution in [0.4, 0.5) is 0 Å². The monoisotopic (exact) mass is 386 g/mol. The van der Waals surface area contributed by atoms with E-state index < -0.39 is 0 Å². The second-order valence-electron chi connectivity index (χ2n) is 7.73. The molecule has 3 atom stereocenters. The lowest BCUT2D eigenvalue weighted by Crippen LogP contribution is -2.49. The molecule has 0 saturated heterocycles. The molecular formula is C26H26O3. The Morgan fingerprint density at radius 3 is 1.72 bits per heavy atom. The number of esters is 1. The van der Waals surface area contributed by atoms with Gasteiger partial charge in [0, 0.05) is 18.4 Å². The van der Waals surface area contributed by atoms with Crippen molar-refractivity contribution in [1.29, 1.82) is 0 Å². The van der Waals surface area contributed by atoms with Gasteiger partial charge in [0.05, 0.1) is 5.92 Å². The maximum Gasteiger partial charge on any atom is 0.310 e. The van der Waals surface area contributed by atoms with Crippen LogP contribution in [0.1, 0.15) is 41.6 Å². The molecule has 0 heterocycles. The van der Waals surface area contributed by atoms with E-state index >= 15 is 0 Å². The van der Waals surface area contributed by atoms with Crippen LogP contribution in [0, 0.1) is 11.8 Å². The average Bonchev–Trinajstić information content (AvgIpc) is 2.75. The first-order valence-corrected chi connectivity index (χ1v) is 10.2. The number of benzene rings is 3. The van der Waals surface area contributed by atoms with Gasteiger partial charge in [0.15, 0.2) is 0 Å². The standard InChI is InChI=1S/C26H26O3/c1-18(19-11-5-2-6-12-19)29-26(28)25-23(20-13-7-3-8-14-20)22(17-27)24(25)21-15-9-4-10-16-21/h2-16,18,22-25,27H,17H2,1H3/t18-,22?,23+,24+,25?/m0/s1. The van der Waals surface area contributed by atoms with E-state index in [0.717, 1.165) is 16.7 Å². The summed E-state index contributed by atoms with van der Waals surface area (Å²) in [5, 5.41) is 10.2. The molecule has 0 aliphatic heterocycles. The fraction of sp³-hybridized carbons (Fsp3) is 0.269. The van der Waals surface area contributed by atoms with E-state index in [1.54, 1.807) is 0 Å². The van der Waals surface area contributed by atoms with Gasteiger partial charge in [0.1, 0.15) is 6.10 Å². The predicted octanol–water partition coefficient (Wildman–Crippen LogP) is 5.10. The van der Waals surface area contributed by atoms with Gasteiger partial charge >= 0.3 is 5.97 Å². The molecule has 0 amide bonds. The zero-order chi connectivity index (χ0) is 20.2. The second-order valence-corrected chi connectivity index (χ2v) is 7.73. The third-order valence-electron chi connectivity index (χ3n) is 6.11. The minimum atomic E-state index is -0.317. The van der Waals surface area contributed by atoms with Crippen LogP contribution in [0.15, 0.2) is 91.0 Å². The number of hydrogen-bond donors (Lipinski definition) is 1. The van der Waals surface area contributed by atoms with Crippen molar-refractivity contribution in [3.63, 3.8) is 0 Å². The van der Waals surface area contributed by atoms with Gasteiger partial charge in [-0.15, -0.1) is 0 Å². The predicted molar refractivity (Wildman–Crippen MR) is 113 cm³/mol. The Kier molecular flexibility index (Phi) is 5.77. The lowest BCUT2D eigenvalue weighted by molar-refractivity contribution is -0.163. The Hall–Kier alpha value is -2.91. The zero-order valence-electron chi connectivity index (χ0n) is 16.5. The van der Waals surface area contributed by atoms with Crippen LogP contribution < -0.4 is 0 Å². The number of carbonyl (C=O) groups is 1. The maximum atomic E-state index is 13.3. The molecule has 3 aromatic carbocycles. The molecular weight excluding hydrogens is 360 g/mol. The first kappa shape index (κ1) is 19.4. The van der Waals surface area contributed by atoms with Crippen molar-refractivity contribution >= 4 is 5.97 Å². The molecule has 1 aliphatic carbocycles. The van der Waals surface area contributed by atoms with E-state index in [4.69, 9.17) is 4.74 Å². The van der Waals surface area contributed by atoms with Gasteiger partial charge in [-0.05, 0) is 29.5 Å². The Bertz CT molecular complexity index is 876. The number of aliphatic hydroxyl groups is 1. The van der Waals surface area contributed by atoms with Crippen molar-refractivity contribution in [2.45, 2.75) is 24.9 Å². The third kappa shape index (κ3) is 3.83. The highest BCUT2D eigenvalue weighted by Crippen LogP contribution is 2.57. The van der Waals surface area contributed by atoms with Crippen LogP contribution >= 0.6 is 0 Å². The molecule has 1 saturated carbocycles. The highest BCUT2D eigenvalue weighted by molar-refractivity contribution is 5.77. The minimum absolute atomic E-state index is 0.00983. The largest absolute Gasteiger partial charge is 0.458 e. The third-order valence-corrected chi connectivity index (χ3v) is 6.11. The van der Waals surface area contributed by atoms with Crippen LogP contribution in [0.3, 0.4) is 0 Å². The van der Waals surface area contributed by atoms with Crippen molar-refractivity contribution in [1.82, 2.24) is 0 Å². The molecule has 1 fully saturated rings. The summed E-state index contributed by atoms with van der Waals surface area (Å²) in [6.07, 6.45) is -0.315. The summed E-state index contributed by atoms with van der Waals surface area (Å²) in [7, 11) is 0. The van der Waals surface area contributed by atoms with Gasteiger partial charge in [-0.25, -0.2) is 0 Å². The second kappa shape index (κ2) is 8.62. The first-order chi connectivity index (χ1) is 14.2. The van der Waals surface area contributed by atoms with E-state index in [1.807, 2.05) is 97.9 Å². The summed E-state index contributed by atoms with van der Waals surface area (Å²) >= 11 is 0. The number of hydrogen-bond acceptors (Lipinski definition) is 3. The summed E-state index contributed by atoms with van der Waals surface area (Å²) in [6, 6.07) is 29.8. The van der Waals surface area contributed by atoms with Gasteiger partial charge in [-0.1, -0.05) is 91.0 Å². The van der Waals surface area contributed by atoms with Crippen molar-refractivity contribution in [2.24, 2.45) is 11.8 Å². The number of aliphatic hydroxyl groups excluding tert-OH is 1.